The first-order valence-electron chi connectivity index (χ1n) is 7.86. The zero-order valence-electron chi connectivity index (χ0n) is 12.7. The molecule has 22 heavy (non-hydrogen) atoms. The summed E-state index contributed by atoms with van der Waals surface area (Å²) in [6, 6.07) is 2.36. The highest BCUT2D eigenvalue weighted by Crippen LogP contribution is 2.21. The van der Waals surface area contributed by atoms with Crippen LogP contribution in [0.1, 0.15) is 12.8 Å². The molecule has 1 unspecified atom stereocenters. The van der Waals surface area contributed by atoms with Crippen LogP contribution in [0.4, 0.5) is 5.82 Å². The molecule has 1 aromatic rings. The van der Waals surface area contributed by atoms with E-state index in [-0.39, 0.29) is 11.8 Å². The van der Waals surface area contributed by atoms with Gasteiger partial charge in [-0.2, -0.15) is 0 Å². The second kappa shape index (κ2) is 7.02. The van der Waals surface area contributed by atoms with Gasteiger partial charge in [0.1, 0.15) is 12.1 Å². The van der Waals surface area contributed by atoms with Gasteiger partial charge in [0.15, 0.2) is 0 Å². The fourth-order valence-corrected chi connectivity index (χ4v) is 3.28. The maximum Gasteiger partial charge on any atom is 0.223 e. The number of hydrogen-bond acceptors (Lipinski definition) is 6. The van der Waals surface area contributed by atoms with E-state index < -0.39 is 0 Å². The van der Waals surface area contributed by atoms with E-state index in [0.29, 0.717) is 12.6 Å². The maximum atomic E-state index is 11.8. The van der Waals surface area contributed by atoms with Crippen LogP contribution in [0.5, 0.6) is 0 Å². The highest BCUT2D eigenvalue weighted by Gasteiger charge is 2.31. The van der Waals surface area contributed by atoms with Crippen molar-refractivity contribution in [1.82, 2.24) is 14.9 Å². The lowest BCUT2D eigenvalue weighted by atomic mass is 10.0. The smallest absolute Gasteiger partial charge is 0.223 e. The molecule has 3 heterocycles. The monoisotopic (exact) mass is 305 g/mol. The van der Waals surface area contributed by atoms with Gasteiger partial charge in [0.2, 0.25) is 5.91 Å². The van der Waals surface area contributed by atoms with Crippen molar-refractivity contribution >= 4 is 11.7 Å². The summed E-state index contributed by atoms with van der Waals surface area (Å²) in [6.07, 6.45) is 5.32. The molecule has 2 aliphatic rings. The Bertz CT molecular complexity index is 492. The molecular formula is C15H23N5O2. The molecule has 0 aromatic carbocycles. The number of anilines is 1. The van der Waals surface area contributed by atoms with E-state index in [1.165, 1.54) is 6.33 Å². The molecular weight excluding hydrogens is 282 g/mol. The Labute approximate surface area is 130 Å². The molecule has 0 bridgehead atoms. The van der Waals surface area contributed by atoms with Crippen LogP contribution in [-0.4, -0.2) is 66.2 Å². The van der Waals surface area contributed by atoms with Crippen LogP contribution < -0.4 is 10.6 Å². The van der Waals surface area contributed by atoms with Gasteiger partial charge in [-0.3, -0.25) is 9.69 Å². The molecule has 120 valence electrons. The number of hydrogen-bond donors (Lipinski definition) is 1. The molecule has 2 aliphatic heterocycles. The molecule has 0 saturated carbocycles. The molecule has 2 saturated heterocycles. The number of rotatable bonds is 3. The van der Waals surface area contributed by atoms with Crippen LogP contribution >= 0.6 is 0 Å². The summed E-state index contributed by atoms with van der Waals surface area (Å²) in [5, 5.41) is 0. The van der Waals surface area contributed by atoms with Crippen molar-refractivity contribution in [3.63, 3.8) is 0 Å². The summed E-state index contributed by atoms with van der Waals surface area (Å²) in [6.45, 7) is 4.71. The number of nitrogens with zero attached hydrogens (tertiary/aromatic N) is 4. The van der Waals surface area contributed by atoms with Crippen molar-refractivity contribution in [2.24, 2.45) is 11.7 Å². The van der Waals surface area contributed by atoms with E-state index in [4.69, 9.17) is 10.5 Å². The summed E-state index contributed by atoms with van der Waals surface area (Å²) in [5.41, 5.74) is 5.62. The third kappa shape index (κ3) is 3.53. The Morgan fingerprint density at radius 2 is 2.09 bits per heavy atom. The predicted octanol–water partition coefficient (Wildman–Crippen LogP) is -0.121. The second-order valence-corrected chi connectivity index (χ2v) is 5.95. The van der Waals surface area contributed by atoms with E-state index in [1.54, 1.807) is 6.20 Å². The fraction of sp³-hybridized carbons (Fsp3) is 0.667. The van der Waals surface area contributed by atoms with Crippen LogP contribution in [0, 0.1) is 5.92 Å². The second-order valence-electron chi connectivity index (χ2n) is 5.95. The molecule has 0 radical (unpaired) electrons. The third-order valence-corrected chi connectivity index (χ3v) is 4.55. The molecule has 3 rings (SSSR count). The van der Waals surface area contributed by atoms with Crippen LogP contribution in [-0.2, 0) is 9.53 Å². The Morgan fingerprint density at radius 3 is 2.77 bits per heavy atom. The van der Waals surface area contributed by atoms with Gasteiger partial charge in [-0.1, -0.05) is 0 Å². The lowest BCUT2D eigenvalue weighted by molar-refractivity contribution is -0.122. The van der Waals surface area contributed by atoms with Crippen molar-refractivity contribution < 1.29 is 9.53 Å². The van der Waals surface area contributed by atoms with Crippen molar-refractivity contribution in [2.45, 2.75) is 18.9 Å². The third-order valence-electron chi connectivity index (χ3n) is 4.55. The van der Waals surface area contributed by atoms with E-state index in [1.807, 2.05) is 6.07 Å². The zero-order chi connectivity index (χ0) is 15.4. The first kappa shape index (κ1) is 15.2. The minimum Gasteiger partial charge on any atom is -0.381 e. The van der Waals surface area contributed by atoms with Gasteiger partial charge >= 0.3 is 0 Å². The first-order chi connectivity index (χ1) is 10.7. The molecule has 0 aliphatic carbocycles. The van der Waals surface area contributed by atoms with Gasteiger partial charge in [0.05, 0.1) is 5.92 Å². The summed E-state index contributed by atoms with van der Waals surface area (Å²) in [5.74, 6) is 0.438. The highest BCUT2D eigenvalue weighted by atomic mass is 16.5. The van der Waals surface area contributed by atoms with Gasteiger partial charge in [0.25, 0.3) is 0 Å². The number of carbonyl (C=O) groups is 1. The van der Waals surface area contributed by atoms with Crippen LogP contribution in [0.3, 0.4) is 0 Å². The number of nitrogens with two attached hydrogens (primary N) is 1. The Hall–Kier alpha value is -1.73. The fourth-order valence-electron chi connectivity index (χ4n) is 3.28. The zero-order valence-corrected chi connectivity index (χ0v) is 12.7. The van der Waals surface area contributed by atoms with Crippen molar-refractivity contribution in [3.05, 3.63) is 18.6 Å². The molecule has 7 nitrogen and oxygen atoms in total. The topological polar surface area (TPSA) is 84.6 Å². The number of primary amides is 1. The van der Waals surface area contributed by atoms with Gasteiger partial charge in [-0.15, -0.1) is 0 Å². The van der Waals surface area contributed by atoms with E-state index >= 15 is 0 Å². The lowest BCUT2D eigenvalue weighted by Gasteiger charge is -2.34. The lowest BCUT2D eigenvalue weighted by Crippen LogP contribution is -2.44. The summed E-state index contributed by atoms with van der Waals surface area (Å²) < 4.78 is 5.44. The van der Waals surface area contributed by atoms with Gasteiger partial charge in [-0.05, 0) is 18.9 Å². The number of ether oxygens (including phenoxy) is 1. The van der Waals surface area contributed by atoms with E-state index in [2.05, 4.69) is 19.8 Å². The molecule has 7 heteroatoms. The van der Waals surface area contributed by atoms with Gasteiger partial charge in [-0.25, -0.2) is 9.97 Å². The van der Waals surface area contributed by atoms with Crippen LogP contribution in [0.2, 0.25) is 0 Å². The molecule has 1 aromatic heterocycles. The van der Waals surface area contributed by atoms with Crippen molar-refractivity contribution in [2.75, 3.05) is 44.3 Å². The molecule has 1 amide bonds. The SMILES string of the molecule is NC(=O)C1CN(c2ccncn2)CCN(C2CCOCC2)C1. The molecule has 2 fully saturated rings. The first-order valence-corrected chi connectivity index (χ1v) is 7.86. The van der Waals surface area contributed by atoms with Gasteiger partial charge < -0.3 is 15.4 Å². The van der Waals surface area contributed by atoms with E-state index in [0.717, 1.165) is 51.5 Å². The van der Waals surface area contributed by atoms with Crippen molar-refractivity contribution in [1.29, 1.82) is 0 Å². The predicted molar refractivity (Wildman–Crippen MR) is 82.3 cm³/mol. The molecule has 0 spiro atoms. The largest absolute Gasteiger partial charge is 0.381 e. The number of carbonyl (C=O) groups excluding carboxylic acids is 1. The Morgan fingerprint density at radius 1 is 1.27 bits per heavy atom. The average Bonchev–Trinajstić information content (AvgIpc) is 2.80. The number of amides is 1. The van der Waals surface area contributed by atoms with Crippen molar-refractivity contribution in [3.8, 4) is 0 Å². The quantitative estimate of drug-likeness (QED) is 0.838. The summed E-state index contributed by atoms with van der Waals surface area (Å²) in [4.78, 5) is 24.6. The van der Waals surface area contributed by atoms with Gasteiger partial charge in [0, 0.05) is 51.6 Å². The van der Waals surface area contributed by atoms with Crippen LogP contribution in [0.15, 0.2) is 18.6 Å². The normalized spacial score (nSPS) is 24.9. The minimum atomic E-state index is -0.238. The Balaban J connectivity index is 1.74. The molecule has 1 atom stereocenters. The standard InChI is InChI=1S/C15H23N5O2/c16-15(21)12-9-19(13-2-7-22-8-3-13)5-6-20(10-12)14-1-4-17-11-18-14/h1,4,11-13H,2-3,5-10H2,(H2,16,21). The van der Waals surface area contributed by atoms with E-state index in [9.17, 15) is 4.79 Å². The highest BCUT2D eigenvalue weighted by molar-refractivity contribution is 5.77. The average molecular weight is 305 g/mol. The summed E-state index contributed by atoms with van der Waals surface area (Å²) in [7, 11) is 0. The number of aromatic nitrogens is 2. The molecule has 2 N–H and O–H groups in total. The summed E-state index contributed by atoms with van der Waals surface area (Å²) >= 11 is 0. The van der Waals surface area contributed by atoms with Crippen LogP contribution in [0.25, 0.3) is 0 Å². The Kier molecular flexibility index (Phi) is 4.84. The maximum absolute atomic E-state index is 11.8. The minimum absolute atomic E-state index is 0.180.